The van der Waals surface area contributed by atoms with E-state index in [0.717, 1.165) is 0 Å². The Morgan fingerprint density at radius 2 is 2.14 bits per heavy atom. The molecule has 3 rings (SSSR count). The summed E-state index contributed by atoms with van der Waals surface area (Å²) in [6.07, 6.45) is 1.38. The van der Waals surface area contributed by atoms with Crippen molar-refractivity contribution < 1.29 is 22.6 Å². The number of nitrogens with two attached hydrogens (primary N) is 1. The molecule has 29 heavy (non-hydrogen) atoms. The molecular formula is C15H19BrFN7O4S. The molecule has 158 valence electrons. The summed E-state index contributed by atoms with van der Waals surface area (Å²) in [5, 5.41) is 30.0. The van der Waals surface area contributed by atoms with Crippen LogP contribution in [0.3, 0.4) is 0 Å². The summed E-state index contributed by atoms with van der Waals surface area (Å²) >= 11 is 3.12. The van der Waals surface area contributed by atoms with Crippen LogP contribution in [0.15, 0.2) is 32.5 Å². The van der Waals surface area contributed by atoms with Gasteiger partial charge in [0.05, 0.1) is 4.47 Å². The van der Waals surface area contributed by atoms with Crippen molar-refractivity contribution >= 4 is 37.7 Å². The highest BCUT2D eigenvalue weighted by atomic mass is 79.9. The normalized spacial score (nSPS) is 16.9. The Labute approximate surface area is 174 Å². The van der Waals surface area contributed by atoms with Crippen molar-refractivity contribution in [2.24, 2.45) is 10.3 Å². The molecule has 11 nitrogen and oxygen atoms in total. The van der Waals surface area contributed by atoms with Crippen molar-refractivity contribution in [1.82, 2.24) is 20.2 Å². The number of hydrogen-bond acceptors (Lipinski definition) is 9. The predicted molar refractivity (Wildman–Crippen MR) is 105 cm³/mol. The van der Waals surface area contributed by atoms with Gasteiger partial charge in [-0.05, 0) is 56.8 Å². The fraction of sp³-hybridized carbons (Fsp3) is 0.400. The number of anilines is 1. The number of hydrogen-bond donors (Lipinski definition) is 4. The van der Waals surface area contributed by atoms with Gasteiger partial charge in [-0.1, -0.05) is 11.2 Å². The van der Waals surface area contributed by atoms with E-state index < -0.39 is 16.0 Å². The lowest BCUT2D eigenvalue weighted by molar-refractivity contribution is 0.191. The number of piperidine rings is 1. The summed E-state index contributed by atoms with van der Waals surface area (Å²) in [5.74, 6) is -0.0956. The molecule has 1 saturated heterocycles. The highest BCUT2D eigenvalue weighted by molar-refractivity contribution is 9.10. The highest BCUT2D eigenvalue weighted by Gasteiger charge is 2.25. The standard InChI is InChI=1S/C15H19BrFN7O4S/c16-11-7-9(1-2-12(11)17)8-13(20-25)14-15(22-28-21-14)19-10-3-5-24(6-4-10)23-29(18,26)27/h1-2,7,10,23,25H,3-6,8H2,(H,19,22)(H2,18,26,27). The van der Waals surface area contributed by atoms with E-state index in [2.05, 4.69) is 41.5 Å². The first kappa shape index (κ1) is 21.6. The van der Waals surface area contributed by atoms with Gasteiger partial charge in [0.25, 0.3) is 10.2 Å². The Hall–Kier alpha value is -2.13. The van der Waals surface area contributed by atoms with Crippen LogP contribution in [0.5, 0.6) is 0 Å². The van der Waals surface area contributed by atoms with Gasteiger partial charge in [-0.25, -0.2) is 19.2 Å². The van der Waals surface area contributed by atoms with Crippen molar-refractivity contribution in [2.45, 2.75) is 25.3 Å². The maximum absolute atomic E-state index is 13.4. The maximum atomic E-state index is 13.4. The van der Waals surface area contributed by atoms with E-state index in [-0.39, 0.29) is 23.9 Å². The molecule has 2 heterocycles. The summed E-state index contributed by atoms with van der Waals surface area (Å²) < 4.78 is 40.7. The minimum atomic E-state index is -3.80. The monoisotopic (exact) mass is 491 g/mol. The van der Waals surface area contributed by atoms with Crippen LogP contribution in [-0.4, -0.2) is 53.8 Å². The SMILES string of the molecule is NS(=O)(=O)NN1CCC(Nc2nonc2C(Cc2ccc(F)c(Br)c2)=NO)CC1. The first-order valence-electron chi connectivity index (χ1n) is 8.54. The van der Waals surface area contributed by atoms with Gasteiger partial charge in [-0.15, -0.1) is 4.83 Å². The summed E-state index contributed by atoms with van der Waals surface area (Å²) in [7, 11) is -3.80. The predicted octanol–water partition coefficient (Wildman–Crippen LogP) is 0.977. The molecule has 0 aliphatic carbocycles. The zero-order chi connectivity index (χ0) is 21.0. The molecule has 14 heteroatoms. The fourth-order valence-electron chi connectivity index (χ4n) is 2.97. The Morgan fingerprint density at radius 3 is 2.76 bits per heavy atom. The van der Waals surface area contributed by atoms with Crippen LogP contribution in [-0.2, 0) is 16.6 Å². The molecule has 5 N–H and O–H groups in total. The Kier molecular flexibility index (Phi) is 6.79. The van der Waals surface area contributed by atoms with Crippen molar-refractivity contribution in [3.05, 3.63) is 39.7 Å². The van der Waals surface area contributed by atoms with Crippen LogP contribution in [0.2, 0.25) is 0 Å². The van der Waals surface area contributed by atoms with Crippen LogP contribution >= 0.6 is 15.9 Å². The van der Waals surface area contributed by atoms with Crippen LogP contribution in [0, 0.1) is 5.82 Å². The number of nitrogens with one attached hydrogen (secondary N) is 2. The van der Waals surface area contributed by atoms with Crippen LogP contribution in [0.25, 0.3) is 0 Å². The second-order valence-electron chi connectivity index (χ2n) is 6.48. The summed E-state index contributed by atoms with van der Waals surface area (Å²) in [6, 6.07) is 4.42. The smallest absolute Gasteiger partial charge is 0.287 e. The van der Waals surface area contributed by atoms with Gasteiger partial charge in [0.2, 0.25) is 5.82 Å². The van der Waals surface area contributed by atoms with E-state index in [1.54, 1.807) is 12.1 Å². The van der Waals surface area contributed by atoms with E-state index in [0.29, 0.717) is 41.8 Å². The van der Waals surface area contributed by atoms with E-state index in [1.807, 2.05) is 0 Å². The first-order valence-corrected chi connectivity index (χ1v) is 10.9. The molecular weight excluding hydrogens is 473 g/mol. The Bertz CT molecular complexity index is 992. The lowest BCUT2D eigenvalue weighted by Gasteiger charge is -2.31. The number of benzene rings is 1. The van der Waals surface area contributed by atoms with Crippen molar-refractivity contribution in [3.63, 3.8) is 0 Å². The zero-order valence-electron chi connectivity index (χ0n) is 15.0. The lowest BCUT2D eigenvalue weighted by atomic mass is 10.0. The van der Waals surface area contributed by atoms with Gasteiger partial charge in [-0.3, -0.25) is 0 Å². The number of hydrazine groups is 1. The highest BCUT2D eigenvalue weighted by Crippen LogP contribution is 2.21. The molecule has 2 aromatic rings. The van der Waals surface area contributed by atoms with E-state index >= 15 is 0 Å². The van der Waals surface area contributed by atoms with Crippen molar-refractivity contribution in [3.8, 4) is 0 Å². The molecule has 1 aromatic heterocycles. The molecule has 0 atom stereocenters. The molecule has 0 saturated carbocycles. The van der Waals surface area contributed by atoms with Crippen molar-refractivity contribution in [2.75, 3.05) is 18.4 Å². The molecule has 1 fully saturated rings. The van der Waals surface area contributed by atoms with Crippen LogP contribution in [0.4, 0.5) is 10.2 Å². The second kappa shape index (κ2) is 9.13. The first-order chi connectivity index (χ1) is 13.7. The molecule has 1 aliphatic heterocycles. The molecule has 0 unspecified atom stereocenters. The number of halogens is 2. The number of oxime groups is 1. The van der Waals surface area contributed by atoms with Crippen LogP contribution < -0.4 is 15.3 Å². The minimum Gasteiger partial charge on any atom is -0.411 e. The van der Waals surface area contributed by atoms with Crippen molar-refractivity contribution in [1.29, 1.82) is 0 Å². The topological polar surface area (TPSA) is 159 Å². The van der Waals surface area contributed by atoms with Gasteiger partial charge >= 0.3 is 0 Å². The van der Waals surface area contributed by atoms with Gasteiger partial charge in [0.1, 0.15) is 11.5 Å². The van der Waals surface area contributed by atoms with Gasteiger partial charge < -0.3 is 10.5 Å². The summed E-state index contributed by atoms with van der Waals surface area (Å²) in [5.41, 5.74) is 1.13. The number of aromatic nitrogens is 2. The van der Waals surface area contributed by atoms with Crippen LogP contribution in [0.1, 0.15) is 24.1 Å². The number of nitrogens with zero attached hydrogens (tertiary/aromatic N) is 4. The average molecular weight is 492 g/mol. The summed E-state index contributed by atoms with van der Waals surface area (Å²) in [6.45, 7) is 0.887. The Balaban J connectivity index is 1.65. The minimum absolute atomic E-state index is 0.0286. The summed E-state index contributed by atoms with van der Waals surface area (Å²) in [4.78, 5) is 2.24. The fourth-order valence-corrected chi connectivity index (χ4v) is 3.94. The third kappa shape index (κ3) is 5.93. The van der Waals surface area contributed by atoms with E-state index in [4.69, 9.17) is 9.77 Å². The quantitative estimate of drug-likeness (QED) is 0.253. The number of rotatable bonds is 7. The largest absolute Gasteiger partial charge is 0.411 e. The van der Waals surface area contributed by atoms with E-state index in [9.17, 15) is 18.0 Å². The third-order valence-electron chi connectivity index (χ3n) is 4.33. The molecule has 0 spiro atoms. The third-order valence-corrected chi connectivity index (χ3v) is 5.45. The average Bonchev–Trinajstić information content (AvgIpc) is 3.11. The maximum Gasteiger partial charge on any atom is 0.287 e. The van der Waals surface area contributed by atoms with Gasteiger partial charge in [0, 0.05) is 25.6 Å². The second-order valence-corrected chi connectivity index (χ2v) is 8.60. The molecule has 0 bridgehead atoms. The van der Waals surface area contributed by atoms with Gasteiger partial charge in [0.15, 0.2) is 5.69 Å². The van der Waals surface area contributed by atoms with Gasteiger partial charge in [-0.2, -0.15) is 8.42 Å². The Morgan fingerprint density at radius 1 is 1.41 bits per heavy atom. The molecule has 1 aromatic carbocycles. The zero-order valence-corrected chi connectivity index (χ0v) is 17.4. The lowest BCUT2D eigenvalue weighted by Crippen LogP contribution is -2.50. The van der Waals surface area contributed by atoms with E-state index in [1.165, 1.54) is 11.1 Å². The molecule has 0 amide bonds. The molecule has 0 radical (unpaired) electrons. The molecule has 1 aliphatic rings.